The van der Waals surface area contributed by atoms with Crippen LogP contribution in [0.15, 0.2) is 10.9 Å². The third kappa shape index (κ3) is 2.19. The Hall–Kier alpha value is -1.58. The van der Waals surface area contributed by atoms with Crippen LogP contribution in [0, 0.1) is 12.8 Å². The number of nitrogens with zero attached hydrogens (tertiary/aromatic N) is 2. The van der Waals surface area contributed by atoms with Gasteiger partial charge in [0, 0.05) is 12.0 Å². The van der Waals surface area contributed by atoms with Crippen LogP contribution in [0.4, 0.5) is 0 Å². The van der Waals surface area contributed by atoms with Gasteiger partial charge in [0.2, 0.25) is 0 Å². The van der Waals surface area contributed by atoms with E-state index >= 15 is 0 Å². The molecular weight excluding hydrogens is 226 g/mol. The first kappa shape index (κ1) is 12.9. The van der Waals surface area contributed by atoms with Gasteiger partial charge in [-0.1, -0.05) is 27.2 Å². The lowest BCUT2D eigenvalue weighted by Gasteiger charge is -2.03. The van der Waals surface area contributed by atoms with E-state index in [-0.39, 0.29) is 5.56 Å². The van der Waals surface area contributed by atoms with Crippen molar-refractivity contribution in [3.8, 4) is 0 Å². The van der Waals surface area contributed by atoms with Crippen LogP contribution in [0.25, 0.3) is 5.65 Å². The van der Waals surface area contributed by atoms with E-state index in [0.717, 1.165) is 41.9 Å². The summed E-state index contributed by atoms with van der Waals surface area (Å²) in [6, 6.07) is 1.98. The van der Waals surface area contributed by atoms with Gasteiger partial charge in [-0.2, -0.15) is 4.52 Å². The molecule has 0 aliphatic carbocycles. The Balaban J connectivity index is 2.51. The maximum absolute atomic E-state index is 12.2. The van der Waals surface area contributed by atoms with Crippen molar-refractivity contribution in [2.75, 3.05) is 0 Å². The molecule has 1 unspecified atom stereocenters. The van der Waals surface area contributed by atoms with Crippen LogP contribution in [0.1, 0.15) is 44.1 Å². The molecule has 1 N–H and O–H groups in total. The van der Waals surface area contributed by atoms with Crippen molar-refractivity contribution in [1.29, 1.82) is 0 Å². The summed E-state index contributed by atoms with van der Waals surface area (Å²) in [4.78, 5) is 16.7. The summed E-state index contributed by atoms with van der Waals surface area (Å²) >= 11 is 0. The van der Waals surface area contributed by atoms with Crippen molar-refractivity contribution < 1.29 is 0 Å². The normalized spacial score (nSPS) is 13.1. The fourth-order valence-corrected chi connectivity index (χ4v) is 2.23. The summed E-state index contributed by atoms with van der Waals surface area (Å²) in [6.45, 7) is 8.34. The third-order valence-electron chi connectivity index (χ3n) is 3.59. The van der Waals surface area contributed by atoms with Crippen molar-refractivity contribution in [2.45, 2.75) is 47.0 Å². The van der Waals surface area contributed by atoms with Gasteiger partial charge in [-0.25, -0.2) is 4.98 Å². The second-order valence-electron chi connectivity index (χ2n) is 5.05. The van der Waals surface area contributed by atoms with E-state index in [0.29, 0.717) is 5.92 Å². The molecule has 2 heterocycles. The topological polar surface area (TPSA) is 50.2 Å². The van der Waals surface area contributed by atoms with E-state index in [4.69, 9.17) is 0 Å². The number of fused-ring (bicyclic) bond motifs is 1. The minimum absolute atomic E-state index is 0.0374. The lowest BCUT2D eigenvalue weighted by molar-refractivity contribution is 0.543. The second-order valence-corrected chi connectivity index (χ2v) is 5.05. The standard InChI is InChI=1S/C14H21N3O/c1-5-9(3)7-12-15-13-8-10(4)11(6-2)14(18)17(13)16-12/h8-9H,5-7H2,1-4H3,(H,15,16). The zero-order chi connectivity index (χ0) is 13.3. The van der Waals surface area contributed by atoms with Gasteiger partial charge in [0.05, 0.1) is 0 Å². The summed E-state index contributed by atoms with van der Waals surface area (Å²) in [5.74, 6) is 1.47. The molecule has 0 aromatic carbocycles. The predicted octanol–water partition coefficient (Wildman–Crippen LogP) is 2.48. The van der Waals surface area contributed by atoms with E-state index in [2.05, 4.69) is 23.9 Å². The van der Waals surface area contributed by atoms with Gasteiger partial charge in [-0.15, -0.1) is 0 Å². The van der Waals surface area contributed by atoms with Crippen LogP contribution < -0.4 is 5.56 Å². The zero-order valence-electron chi connectivity index (χ0n) is 11.6. The number of aromatic nitrogens is 3. The average molecular weight is 247 g/mol. The van der Waals surface area contributed by atoms with E-state index in [1.807, 2.05) is 19.9 Å². The summed E-state index contributed by atoms with van der Waals surface area (Å²) in [6.07, 6.45) is 2.76. The first-order valence-corrected chi connectivity index (χ1v) is 6.66. The molecule has 0 radical (unpaired) electrons. The molecule has 2 rings (SSSR count). The maximum atomic E-state index is 12.2. The van der Waals surface area contributed by atoms with Crippen LogP contribution >= 0.6 is 0 Å². The first-order valence-electron chi connectivity index (χ1n) is 6.66. The highest BCUT2D eigenvalue weighted by molar-refractivity contribution is 5.43. The SMILES string of the molecule is CCc1c(C)cc2nc(CC(C)CC)[nH]n2c1=O. The Kier molecular flexibility index (Phi) is 3.55. The largest absolute Gasteiger partial charge is 0.276 e. The Bertz CT molecular complexity index is 609. The fraction of sp³-hybridized carbons (Fsp3) is 0.571. The Labute approximate surface area is 107 Å². The van der Waals surface area contributed by atoms with Crippen LogP contribution in [-0.4, -0.2) is 14.6 Å². The highest BCUT2D eigenvalue weighted by Gasteiger charge is 2.11. The second kappa shape index (κ2) is 4.96. The molecule has 1 atom stereocenters. The number of hydrogen-bond acceptors (Lipinski definition) is 2. The molecule has 2 aromatic heterocycles. The van der Waals surface area contributed by atoms with E-state index in [1.54, 1.807) is 4.52 Å². The minimum atomic E-state index is 0.0374. The molecule has 0 aliphatic rings. The van der Waals surface area contributed by atoms with Crippen molar-refractivity contribution in [1.82, 2.24) is 14.6 Å². The number of hydrogen-bond donors (Lipinski definition) is 1. The molecule has 0 spiro atoms. The van der Waals surface area contributed by atoms with E-state index < -0.39 is 0 Å². The number of pyridine rings is 1. The van der Waals surface area contributed by atoms with E-state index in [1.165, 1.54) is 0 Å². The monoisotopic (exact) mass is 247 g/mol. The smallest absolute Gasteiger partial charge is 0.274 e. The summed E-state index contributed by atoms with van der Waals surface area (Å²) in [5, 5.41) is 3.12. The lowest BCUT2D eigenvalue weighted by atomic mass is 10.1. The first-order chi connectivity index (χ1) is 8.56. The van der Waals surface area contributed by atoms with Crippen molar-refractivity contribution >= 4 is 5.65 Å². The van der Waals surface area contributed by atoms with Crippen molar-refractivity contribution in [3.63, 3.8) is 0 Å². The predicted molar refractivity (Wildman–Crippen MR) is 73.1 cm³/mol. The lowest BCUT2D eigenvalue weighted by Crippen LogP contribution is -2.19. The van der Waals surface area contributed by atoms with E-state index in [9.17, 15) is 4.79 Å². The molecule has 0 aliphatic heterocycles. The minimum Gasteiger partial charge on any atom is -0.276 e. The third-order valence-corrected chi connectivity index (χ3v) is 3.59. The van der Waals surface area contributed by atoms with Crippen molar-refractivity contribution in [2.24, 2.45) is 5.92 Å². The number of rotatable bonds is 4. The number of aryl methyl sites for hydroxylation is 1. The van der Waals surface area contributed by atoms with Crippen LogP contribution in [0.5, 0.6) is 0 Å². The average Bonchev–Trinajstić information content (AvgIpc) is 2.72. The Morgan fingerprint density at radius 2 is 2.17 bits per heavy atom. The van der Waals surface area contributed by atoms with Gasteiger partial charge in [0.25, 0.3) is 5.56 Å². The molecule has 0 bridgehead atoms. The molecule has 0 fully saturated rings. The molecule has 2 aromatic rings. The summed E-state index contributed by atoms with van der Waals surface area (Å²) < 4.78 is 1.57. The molecule has 98 valence electrons. The van der Waals surface area contributed by atoms with Crippen LogP contribution in [0.2, 0.25) is 0 Å². The van der Waals surface area contributed by atoms with Gasteiger partial charge in [0.15, 0.2) is 5.65 Å². The zero-order valence-corrected chi connectivity index (χ0v) is 11.6. The Morgan fingerprint density at radius 3 is 2.78 bits per heavy atom. The molecule has 0 saturated carbocycles. The maximum Gasteiger partial charge on any atom is 0.274 e. The fourth-order valence-electron chi connectivity index (χ4n) is 2.23. The Morgan fingerprint density at radius 1 is 1.44 bits per heavy atom. The van der Waals surface area contributed by atoms with Gasteiger partial charge >= 0.3 is 0 Å². The van der Waals surface area contributed by atoms with Crippen LogP contribution in [0.3, 0.4) is 0 Å². The van der Waals surface area contributed by atoms with Gasteiger partial charge in [0.1, 0.15) is 5.82 Å². The quantitative estimate of drug-likeness (QED) is 0.902. The number of aromatic amines is 1. The molecule has 0 saturated heterocycles. The number of H-pyrrole nitrogens is 1. The molecular formula is C14H21N3O. The molecule has 0 amide bonds. The molecule has 18 heavy (non-hydrogen) atoms. The van der Waals surface area contributed by atoms with Gasteiger partial charge in [-0.3, -0.25) is 9.89 Å². The number of nitrogens with one attached hydrogen (secondary N) is 1. The van der Waals surface area contributed by atoms with Crippen LogP contribution in [-0.2, 0) is 12.8 Å². The molecule has 4 nitrogen and oxygen atoms in total. The van der Waals surface area contributed by atoms with Gasteiger partial charge in [-0.05, 0) is 30.9 Å². The molecule has 4 heteroatoms. The highest BCUT2D eigenvalue weighted by atomic mass is 16.1. The van der Waals surface area contributed by atoms with Gasteiger partial charge < -0.3 is 0 Å². The summed E-state index contributed by atoms with van der Waals surface area (Å²) in [7, 11) is 0. The highest BCUT2D eigenvalue weighted by Crippen LogP contribution is 2.11. The van der Waals surface area contributed by atoms with Crippen molar-refractivity contribution in [3.05, 3.63) is 33.4 Å². The summed E-state index contributed by atoms with van der Waals surface area (Å²) in [5.41, 5.74) is 2.67.